The maximum Gasteiger partial charge on any atom is 0.119 e. The summed E-state index contributed by atoms with van der Waals surface area (Å²) >= 11 is 0. The molecule has 0 bridgehead atoms. The molecule has 2 unspecified atom stereocenters. The highest BCUT2D eigenvalue weighted by Crippen LogP contribution is 2.51. The van der Waals surface area contributed by atoms with Crippen LogP contribution in [0.5, 0.6) is 5.75 Å². The SMILES string of the molecule is CCCC(CC)(Pc1ccc(C)cc1/C=N/c1ccccc1)c1cc(C)ccc1O. The molecule has 0 radical (unpaired) electrons. The standard InChI is InChI=1S/C27H32NOP/c1-5-16-27(6-2,24-18-21(4)12-14-25(24)29)30-26-15-13-20(3)17-22(26)19-28-23-10-8-7-9-11-23/h7-15,17-19,29-30H,5-6,16H2,1-4H3/b28-19+. The lowest BCUT2D eigenvalue weighted by atomic mass is 9.89. The molecular weight excluding hydrogens is 385 g/mol. The Morgan fingerprint density at radius 2 is 1.63 bits per heavy atom. The van der Waals surface area contributed by atoms with Crippen molar-refractivity contribution in [3.8, 4) is 5.75 Å². The third-order valence-electron chi connectivity index (χ3n) is 5.64. The average Bonchev–Trinajstić information content (AvgIpc) is 2.76. The van der Waals surface area contributed by atoms with Gasteiger partial charge in [0.05, 0.1) is 5.69 Å². The maximum absolute atomic E-state index is 10.7. The van der Waals surface area contributed by atoms with Crippen molar-refractivity contribution in [2.45, 2.75) is 52.1 Å². The van der Waals surface area contributed by atoms with E-state index in [2.05, 4.69) is 52.0 Å². The van der Waals surface area contributed by atoms with E-state index < -0.39 is 0 Å². The Balaban J connectivity index is 2.05. The van der Waals surface area contributed by atoms with Gasteiger partial charge in [-0.05, 0) is 56.3 Å². The van der Waals surface area contributed by atoms with E-state index >= 15 is 0 Å². The summed E-state index contributed by atoms with van der Waals surface area (Å²) in [6.07, 6.45) is 5.10. The van der Waals surface area contributed by atoms with Crippen molar-refractivity contribution in [3.05, 3.63) is 89.0 Å². The Morgan fingerprint density at radius 3 is 2.33 bits per heavy atom. The third kappa shape index (κ3) is 5.18. The summed E-state index contributed by atoms with van der Waals surface area (Å²) in [5.74, 6) is 0.412. The van der Waals surface area contributed by atoms with E-state index in [9.17, 15) is 5.11 Å². The lowest BCUT2D eigenvalue weighted by molar-refractivity contribution is 0.442. The molecule has 0 aromatic heterocycles. The first-order valence-corrected chi connectivity index (χ1v) is 11.8. The van der Waals surface area contributed by atoms with Crippen LogP contribution in [-0.2, 0) is 5.16 Å². The summed E-state index contributed by atoms with van der Waals surface area (Å²) in [4.78, 5) is 4.71. The van der Waals surface area contributed by atoms with E-state index in [4.69, 9.17) is 4.99 Å². The number of phenolic OH excluding ortho intramolecular Hbond substituents is 1. The van der Waals surface area contributed by atoms with Crippen molar-refractivity contribution in [1.82, 2.24) is 0 Å². The van der Waals surface area contributed by atoms with Crippen molar-refractivity contribution >= 4 is 25.8 Å². The zero-order chi connectivity index (χ0) is 21.6. The van der Waals surface area contributed by atoms with Gasteiger partial charge in [0.25, 0.3) is 0 Å². The second kappa shape index (κ2) is 10.0. The highest BCUT2D eigenvalue weighted by atomic mass is 31.1. The number of nitrogens with zero attached hydrogens (tertiary/aromatic N) is 1. The summed E-state index contributed by atoms with van der Waals surface area (Å²) in [6.45, 7) is 8.70. The molecule has 3 aromatic rings. The number of hydrogen-bond acceptors (Lipinski definition) is 2. The molecule has 0 saturated heterocycles. The largest absolute Gasteiger partial charge is 0.508 e. The van der Waals surface area contributed by atoms with Gasteiger partial charge in [-0.1, -0.05) is 82.4 Å². The second-order valence-corrected chi connectivity index (χ2v) is 9.76. The number of aromatic hydroxyl groups is 1. The van der Waals surface area contributed by atoms with E-state index in [0.29, 0.717) is 14.3 Å². The predicted octanol–water partition coefficient (Wildman–Crippen LogP) is 7.17. The summed E-state index contributed by atoms with van der Waals surface area (Å²) in [5, 5.41) is 12.0. The van der Waals surface area contributed by atoms with Crippen molar-refractivity contribution < 1.29 is 5.11 Å². The number of hydrogen-bond donors (Lipinski definition) is 1. The van der Waals surface area contributed by atoms with Crippen LogP contribution in [0.3, 0.4) is 0 Å². The molecule has 0 amide bonds. The Kier molecular flexibility index (Phi) is 7.45. The van der Waals surface area contributed by atoms with E-state index in [1.807, 2.05) is 48.7 Å². The Labute approximate surface area is 182 Å². The van der Waals surface area contributed by atoms with Crippen molar-refractivity contribution in [3.63, 3.8) is 0 Å². The lowest BCUT2D eigenvalue weighted by Gasteiger charge is -2.35. The zero-order valence-electron chi connectivity index (χ0n) is 18.4. The Bertz CT molecular complexity index is 1010. The molecule has 156 valence electrons. The molecule has 0 aliphatic heterocycles. The maximum atomic E-state index is 10.7. The van der Waals surface area contributed by atoms with Crippen LogP contribution in [0, 0.1) is 13.8 Å². The van der Waals surface area contributed by atoms with Crippen LogP contribution in [0.4, 0.5) is 5.69 Å². The number of aliphatic imine (C=N–C) groups is 1. The molecule has 3 heteroatoms. The van der Waals surface area contributed by atoms with Crippen LogP contribution in [0.25, 0.3) is 0 Å². The fraction of sp³-hybridized carbons (Fsp3) is 0.296. The van der Waals surface area contributed by atoms with Crippen LogP contribution in [0.2, 0.25) is 0 Å². The number of aryl methyl sites for hydroxylation is 2. The highest BCUT2D eigenvalue weighted by molar-refractivity contribution is 7.48. The van der Waals surface area contributed by atoms with Gasteiger partial charge in [-0.15, -0.1) is 0 Å². The lowest BCUT2D eigenvalue weighted by Crippen LogP contribution is -2.24. The van der Waals surface area contributed by atoms with Gasteiger partial charge in [-0.2, -0.15) is 0 Å². The first-order valence-electron chi connectivity index (χ1n) is 10.8. The first-order chi connectivity index (χ1) is 14.5. The third-order valence-corrected chi connectivity index (χ3v) is 7.71. The van der Waals surface area contributed by atoms with Crippen molar-refractivity contribution in [2.24, 2.45) is 4.99 Å². The van der Waals surface area contributed by atoms with Gasteiger partial charge in [-0.25, -0.2) is 0 Å². The summed E-state index contributed by atoms with van der Waals surface area (Å²) in [6, 6.07) is 22.7. The monoisotopic (exact) mass is 417 g/mol. The summed E-state index contributed by atoms with van der Waals surface area (Å²) < 4.78 is 0. The minimum atomic E-state index is -0.0740. The van der Waals surface area contributed by atoms with E-state index in [-0.39, 0.29) is 5.16 Å². The number of para-hydroxylation sites is 1. The van der Waals surface area contributed by atoms with E-state index in [1.54, 1.807) is 0 Å². The van der Waals surface area contributed by atoms with Gasteiger partial charge in [-0.3, -0.25) is 4.99 Å². The molecular formula is C27H32NOP. The quantitative estimate of drug-likeness (QED) is 0.306. The smallest absolute Gasteiger partial charge is 0.119 e. The van der Waals surface area contributed by atoms with Crippen molar-refractivity contribution in [1.29, 1.82) is 0 Å². The minimum absolute atomic E-state index is 0.0740. The van der Waals surface area contributed by atoms with Crippen LogP contribution in [0.1, 0.15) is 55.4 Å². The molecule has 2 atom stereocenters. The molecule has 0 aliphatic carbocycles. The first kappa shape index (κ1) is 22.2. The van der Waals surface area contributed by atoms with Gasteiger partial charge in [0.15, 0.2) is 0 Å². The molecule has 0 heterocycles. The highest BCUT2D eigenvalue weighted by Gasteiger charge is 2.33. The molecule has 3 aromatic carbocycles. The van der Waals surface area contributed by atoms with E-state index in [1.165, 1.54) is 22.0 Å². The number of phenols is 1. The molecule has 0 spiro atoms. The Morgan fingerprint density at radius 1 is 0.933 bits per heavy atom. The van der Waals surface area contributed by atoms with Gasteiger partial charge in [0.2, 0.25) is 0 Å². The molecule has 0 aliphatic rings. The summed E-state index contributed by atoms with van der Waals surface area (Å²) in [5.41, 5.74) is 5.63. The van der Waals surface area contributed by atoms with Crippen LogP contribution < -0.4 is 5.30 Å². The number of rotatable bonds is 8. The van der Waals surface area contributed by atoms with E-state index in [0.717, 1.165) is 30.5 Å². The molecule has 0 saturated carbocycles. The molecule has 1 N–H and O–H groups in total. The predicted molar refractivity (Wildman–Crippen MR) is 133 cm³/mol. The van der Waals surface area contributed by atoms with Gasteiger partial charge in [0, 0.05) is 22.5 Å². The van der Waals surface area contributed by atoms with Crippen LogP contribution >= 0.6 is 8.58 Å². The average molecular weight is 418 g/mol. The fourth-order valence-electron chi connectivity index (χ4n) is 4.00. The minimum Gasteiger partial charge on any atom is -0.508 e. The zero-order valence-corrected chi connectivity index (χ0v) is 19.4. The Hall–Kier alpha value is -2.44. The van der Waals surface area contributed by atoms with Gasteiger partial charge < -0.3 is 5.11 Å². The van der Waals surface area contributed by atoms with Crippen LogP contribution in [0.15, 0.2) is 71.7 Å². The molecule has 0 fully saturated rings. The second-order valence-electron chi connectivity index (χ2n) is 8.02. The van der Waals surface area contributed by atoms with Crippen molar-refractivity contribution in [2.75, 3.05) is 0 Å². The summed E-state index contributed by atoms with van der Waals surface area (Å²) in [7, 11) is 0.554. The van der Waals surface area contributed by atoms with Gasteiger partial charge in [0.1, 0.15) is 5.75 Å². The number of benzene rings is 3. The topological polar surface area (TPSA) is 32.6 Å². The van der Waals surface area contributed by atoms with Gasteiger partial charge >= 0.3 is 0 Å². The molecule has 3 rings (SSSR count). The van der Waals surface area contributed by atoms with Crippen LogP contribution in [-0.4, -0.2) is 11.3 Å². The molecule has 30 heavy (non-hydrogen) atoms. The fourth-order valence-corrected chi connectivity index (χ4v) is 5.85. The normalized spacial score (nSPS) is 13.9. The molecule has 2 nitrogen and oxygen atoms in total.